The van der Waals surface area contributed by atoms with E-state index in [1.54, 1.807) is 5.57 Å². The van der Waals surface area contributed by atoms with Gasteiger partial charge in [-0.1, -0.05) is 104 Å². The van der Waals surface area contributed by atoms with Crippen molar-refractivity contribution in [2.45, 2.75) is 169 Å². The Morgan fingerprint density at radius 1 is 0.820 bits per heavy atom. The topological polar surface area (TPSA) is 52.6 Å². The van der Waals surface area contributed by atoms with E-state index in [0.29, 0.717) is 29.4 Å². The Morgan fingerprint density at radius 3 is 2.24 bits per heavy atom. The summed E-state index contributed by atoms with van der Waals surface area (Å²) in [4.78, 5) is 24.9. The number of allylic oxidation sites excluding steroid dienone is 1. The second kappa shape index (κ2) is 18.6. The highest BCUT2D eigenvalue weighted by molar-refractivity contribution is 14.1. The molecule has 3 fully saturated rings. The van der Waals surface area contributed by atoms with Gasteiger partial charge >= 0.3 is 11.9 Å². The van der Waals surface area contributed by atoms with Gasteiger partial charge in [-0.05, 0) is 151 Å². The maximum absolute atomic E-state index is 12.8. The van der Waals surface area contributed by atoms with Crippen molar-refractivity contribution in [3.63, 3.8) is 0 Å². The van der Waals surface area contributed by atoms with Crippen molar-refractivity contribution >= 4 is 34.5 Å². The van der Waals surface area contributed by atoms with E-state index >= 15 is 0 Å². The van der Waals surface area contributed by atoms with Crippen molar-refractivity contribution in [3.8, 4) is 0 Å². The SMILES string of the molecule is CC(C)CCC[C@@H](C)[C@H]1CC[C@H]2[C@@H]3CC=C4CC(OC(=O)CCCCCCCCCCOC(=O)c5ccc(I)cc5)CC[C@]4(C)[C@H]3CC[C@]12C. The van der Waals surface area contributed by atoms with Gasteiger partial charge in [0.1, 0.15) is 6.10 Å². The maximum atomic E-state index is 12.8. The lowest BCUT2D eigenvalue weighted by atomic mass is 9.47. The smallest absolute Gasteiger partial charge is 0.338 e. The summed E-state index contributed by atoms with van der Waals surface area (Å²) < 4.78 is 12.6. The molecule has 1 unspecified atom stereocenters. The number of ether oxygens (including phenoxy) is 2. The van der Waals surface area contributed by atoms with Gasteiger partial charge in [0.05, 0.1) is 12.2 Å². The van der Waals surface area contributed by atoms with Crippen LogP contribution in [0.1, 0.15) is 173 Å². The van der Waals surface area contributed by atoms with Crippen LogP contribution in [-0.2, 0) is 14.3 Å². The summed E-state index contributed by atoms with van der Waals surface area (Å²) in [5.41, 5.74) is 3.08. The highest BCUT2D eigenvalue weighted by Crippen LogP contribution is 2.67. The van der Waals surface area contributed by atoms with Crippen LogP contribution in [-0.4, -0.2) is 24.6 Å². The van der Waals surface area contributed by atoms with Crippen molar-refractivity contribution in [1.29, 1.82) is 0 Å². The Balaban J connectivity index is 0.948. The van der Waals surface area contributed by atoms with E-state index in [4.69, 9.17) is 9.47 Å². The first kappa shape index (κ1) is 39.8. The van der Waals surface area contributed by atoms with Crippen molar-refractivity contribution in [2.75, 3.05) is 6.61 Å². The van der Waals surface area contributed by atoms with Gasteiger partial charge in [0.2, 0.25) is 0 Å². The molecule has 1 aromatic rings. The summed E-state index contributed by atoms with van der Waals surface area (Å²) in [5, 5.41) is 0. The summed E-state index contributed by atoms with van der Waals surface area (Å²) in [6.07, 6.45) is 26.4. The zero-order valence-electron chi connectivity index (χ0n) is 32.3. The van der Waals surface area contributed by atoms with Crippen molar-refractivity contribution in [3.05, 3.63) is 45.0 Å². The molecule has 1 aromatic carbocycles. The molecule has 280 valence electrons. The number of unbranched alkanes of at least 4 members (excludes halogenated alkanes) is 7. The highest BCUT2D eigenvalue weighted by atomic mass is 127. The third kappa shape index (κ3) is 9.98. The van der Waals surface area contributed by atoms with E-state index < -0.39 is 0 Å². The molecule has 0 spiro atoms. The molecule has 0 saturated heterocycles. The van der Waals surface area contributed by atoms with Gasteiger partial charge in [-0.25, -0.2) is 4.79 Å². The lowest BCUT2D eigenvalue weighted by Crippen LogP contribution is -2.51. The molecule has 8 atom stereocenters. The Kier molecular flexibility index (Phi) is 14.8. The third-order valence-electron chi connectivity index (χ3n) is 14.1. The van der Waals surface area contributed by atoms with Crippen LogP contribution in [0.5, 0.6) is 0 Å². The molecule has 0 radical (unpaired) electrons. The van der Waals surface area contributed by atoms with E-state index in [0.717, 1.165) is 77.6 Å². The van der Waals surface area contributed by atoms with Gasteiger partial charge in [0, 0.05) is 16.4 Å². The number of hydrogen-bond acceptors (Lipinski definition) is 4. The molecule has 0 aliphatic heterocycles. The number of fused-ring (bicyclic) bond motifs is 5. The molecule has 50 heavy (non-hydrogen) atoms. The number of esters is 2. The van der Waals surface area contributed by atoms with Crippen LogP contribution < -0.4 is 0 Å². The minimum absolute atomic E-state index is 0.0145. The van der Waals surface area contributed by atoms with E-state index in [9.17, 15) is 9.59 Å². The predicted molar refractivity (Wildman–Crippen MR) is 214 cm³/mol. The molecule has 0 bridgehead atoms. The molecule has 5 heteroatoms. The van der Waals surface area contributed by atoms with Crippen LogP contribution in [0.25, 0.3) is 0 Å². The molecule has 0 amide bonds. The first-order valence-electron chi connectivity index (χ1n) is 20.8. The largest absolute Gasteiger partial charge is 0.462 e. The van der Waals surface area contributed by atoms with E-state index in [-0.39, 0.29) is 18.0 Å². The molecule has 4 aliphatic rings. The van der Waals surface area contributed by atoms with Gasteiger partial charge in [-0.3, -0.25) is 4.79 Å². The summed E-state index contributed by atoms with van der Waals surface area (Å²) in [6.45, 7) is 13.1. The van der Waals surface area contributed by atoms with E-state index in [1.807, 2.05) is 24.3 Å². The number of hydrogen-bond donors (Lipinski definition) is 0. The molecule has 0 heterocycles. The standard InChI is InChI=1S/C45H69IO4/c1-32(2)15-14-16-33(3)39-24-25-40-38-23-20-35-31-37(26-28-44(35,4)41(38)27-29-45(39,40)5)50-42(47)17-12-10-8-6-7-9-11-13-30-49-43(48)34-18-21-36(46)22-19-34/h18-22,32-33,37-41H,6-17,23-31H2,1-5H3/t33-,37?,38+,39-,40+,41+,44+,45-/m1/s1. The van der Waals surface area contributed by atoms with Gasteiger partial charge in [0.25, 0.3) is 0 Å². The van der Waals surface area contributed by atoms with Crippen molar-refractivity contribution in [2.24, 2.45) is 46.3 Å². The molecule has 4 nitrogen and oxygen atoms in total. The number of carbonyl (C=O) groups is 2. The summed E-state index contributed by atoms with van der Waals surface area (Å²) in [6, 6.07) is 7.50. The Hall–Kier alpha value is -1.37. The number of benzene rings is 1. The number of carbonyl (C=O) groups excluding carboxylic acids is 2. The van der Waals surface area contributed by atoms with Crippen LogP contribution in [0.4, 0.5) is 0 Å². The summed E-state index contributed by atoms with van der Waals surface area (Å²) in [5.74, 6) is 4.94. The molecule has 3 saturated carbocycles. The van der Waals surface area contributed by atoms with Crippen LogP contribution in [0.15, 0.2) is 35.9 Å². The molecule has 0 N–H and O–H groups in total. The number of rotatable bonds is 18. The third-order valence-corrected chi connectivity index (χ3v) is 14.9. The summed E-state index contributed by atoms with van der Waals surface area (Å²) in [7, 11) is 0. The Labute approximate surface area is 319 Å². The van der Waals surface area contributed by atoms with Crippen molar-refractivity contribution in [1.82, 2.24) is 0 Å². The quantitative estimate of drug-likeness (QED) is 0.0642. The van der Waals surface area contributed by atoms with Crippen LogP contribution in [0.2, 0.25) is 0 Å². The zero-order chi connectivity index (χ0) is 35.7. The summed E-state index contributed by atoms with van der Waals surface area (Å²) >= 11 is 2.23. The lowest BCUT2D eigenvalue weighted by molar-refractivity contribution is -0.151. The fourth-order valence-corrected chi connectivity index (χ4v) is 11.6. The minimum Gasteiger partial charge on any atom is -0.462 e. The van der Waals surface area contributed by atoms with Crippen molar-refractivity contribution < 1.29 is 19.1 Å². The number of halogens is 1. The Morgan fingerprint density at radius 2 is 1.52 bits per heavy atom. The molecule has 0 aromatic heterocycles. The first-order chi connectivity index (χ1) is 24.0. The second-order valence-electron chi connectivity index (χ2n) is 17.9. The fourth-order valence-electron chi connectivity index (χ4n) is 11.3. The highest BCUT2D eigenvalue weighted by Gasteiger charge is 2.59. The minimum atomic E-state index is -0.229. The van der Waals surface area contributed by atoms with E-state index in [1.165, 1.54) is 83.5 Å². The molecular formula is C45H69IO4. The average molecular weight is 801 g/mol. The van der Waals surface area contributed by atoms with E-state index in [2.05, 4.69) is 63.3 Å². The normalized spacial score (nSPS) is 30.9. The average Bonchev–Trinajstić information content (AvgIpc) is 3.44. The van der Waals surface area contributed by atoms with Crippen LogP contribution in [0.3, 0.4) is 0 Å². The lowest BCUT2D eigenvalue weighted by Gasteiger charge is -2.58. The maximum Gasteiger partial charge on any atom is 0.338 e. The zero-order valence-corrected chi connectivity index (χ0v) is 34.4. The predicted octanol–water partition coefficient (Wildman–Crippen LogP) is 12.9. The second-order valence-corrected chi connectivity index (χ2v) is 19.1. The first-order valence-corrected chi connectivity index (χ1v) is 21.9. The van der Waals surface area contributed by atoms with Crippen LogP contribution >= 0.6 is 22.6 Å². The van der Waals surface area contributed by atoms with Gasteiger partial charge < -0.3 is 9.47 Å². The molecule has 4 aliphatic carbocycles. The van der Waals surface area contributed by atoms with Crippen LogP contribution in [0, 0.1) is 49.9 Å². The monoisotopic (exact) mass is 800 g/mol. The van der Waals surface area contributed by atoms with Gasteiger partial charge in [-0.2, -0.15) is 0 Å². The van der Waals surface area contributed by atoms with Gasteiger partial charge in [0.15, 0.2) is 0 Å². The molecular weight excluding hydrogens is 731 g/mol. The fraction of sp³-hybridized carbons (Fsp3) is 0.778. The van der Waals surface area contributed by atoms with Gasteiger partial charge in [-0.15, -0.1) is 0 Å². The molecule has 5 rings (SSSR count). The Bertz CT molecular complexity index is 1270.